The van der Waals surface area contributed by atoms with Crippen LogP contribution in [0.25, 0.3) is 0 Å². The third-order valence-electron chi connectivity index (χ3n) is 2.49. The highest BCUT2D eigenvalue weighted by atomic mass is 32.2. The van der Waals surface area contributed by atoms with E-state index >= 15 is 0 Å². The van der Waals surface area contributed by atoms with E-state index in [9.17, 15) is 13.2 Å². The van der Waals surface area contributed by atoms with E-state index < -0.39 is 28.6 Å². The molecule has 0 radical (unpaired) electrons. The average molecular weight is 290 g/mol. The molecule has 0 spiro atoms. The molecule has 1 amide bonds. The minimum absolute atomic E-state index is 0.143. The van der Waals surface area contributed by atoms with Crippen LogP contribution in [0.1, 0.15) is 19.2 Å². The number of rotatable bonds is 7. The van der Waals surface area contributed by atoms with E-state index in [1.54, 1.807) is 11.5 Å². The topological polar surface area (TPSA) is 127 Å². The predicted octanol–water partition coefficient (Wildman–Crippen LogP) is -1.27. The van der Waals surface area contributed by atoms with Crippen molar-refractivity contribution in [2.24, 2.45) is 5.73 Å². The van der Waals surface area contributed by atoms with Gasteiger partial charge in [-0.05, 0) is 13.3 Å². The maximum atomic E-state index is 11.9. The number of nitrogens with one attached hydrogen (secondary N) is 1. The van der Waals surface area contributed by atoms with Crippen molar-refractivity contribution in [3.8, 4) is 0 Å². The molecule has 19 heavy (non-hydrogen) atoms. The van der Waals surface area contributed by atoms with Gasteiger partial charge in [-0.15, -0.1) is 0 Å². The molecule has 108 valence electrons. The van der Waals surface area contributed by atoms with Crippen molar-refractivity contribution in [1.82, 2.24) is 14.3 Å². The first-order valence-electron chi connectivity index (χ1n) is 5.78. The van der Waals surface area contributed by atoms with Crippen molar-refractivity contribution < 1.29 is 18.3 Å². The molecule has 0 aliphatic heterocycles. The van der Waals surface area contributed by atoms with Gasteiger partial charge in [0, 0.05) is 19.3 Å². The number of amides is 1. The molecule has 4 N–H and O–H groups in total. The van der Waals surface area contributed by atoms with Crippen LogP contribution in [0, 0.1) is 6.92 Å². The van der Waals surface area contributed by atoms with E-state index in [4.69, 9.17) is 10.8 Å². The van der Waals surface area contributed by atoms with E-state index in [0.717, 1.165) is 6.42 Å². The molecule has 0 aliphatic rings. The maximum Gasteiger partial charge on any atom is 0.259 e. The van der Waals surface area contributed by atoms with Crippen molar-refractivity contribution >= 4 is 15.9 Å². The summed E-state index contributed by atoms with van der Waals surface area (Å²) in [5.74, 6) is -0.409. The molecule has 0 saturated heterocycles. The molecule has 0 aromatic carbocycles. The Balaban J connectivity index is 2.83. The van der Waals surface area contributed by atoms with Crippen LogP contribution in [0.15, 0.2) is 11.2 Å². The van der Waals surface area contributed by atoms with Crippen LogP contribution in [0.2, 0.25) is 0 Å². The van der Waals surface area contributed by atoms with E-state index in [0.29, 0.717) is 12.4 Å². The summed E-state index contributed by atoms with van der Waals surface area (Å²) in [5.41, 5.74) is 4.83. The Bertz CT molecular complexity index is 552. The van der Waals surface area contributed by atoms with Crippen LogP contribution >= 0.6 is 0 Å². The number of hydrogen-bond donors (Lipinski definition) is 3. The lowest BCUT2D eigenvalue weighted by Gasteiger charge is -2.07. The van der Waals surface area contributed by atoms with Gasteiger partial charge in [-0.2, -0.15) is 0 Å². The molecule has 1 rings (SSSR count). The van der Waals surface area contributed by atoms with Crippen LogP contribution in [0.5, 0.6) is 0 Å². The van der Waals surface area contributed by atoms with Gasteiger partial charge in [0.25, 0.3) is 10.0 Å². The number of sulfonamides is 1. The van der Waals surface area contributed by atoms with Gasteiger partial charge < -0.3 is 15.4 Å². The molecule has 0 saturated carbocycles. The van der Waals surface area contributed by atoms with Crippen molar-refractivity contribution in [3.63, 3.8) is 0 Å². The lowest BCUT2D eigenvalue weighted by Crippen LogP contribution is -2.40. The Labute approximate surface area is 111 Å². The Morgan fingerprint density at radius 2 is 2.26 bits per heavy atom. The quantitative estimate of drug-likeness (QED) is 0.576. The molecule has 1 unspecified atom stereocenters. The lowest BCUT2D eigenvalue weighted by molar-refractivity contribution is -0.125. The van der Waals surface area contributed by atoms with Crippen molar-refractivity contribution in [1.29, 1.82) is 0 Å². The number of hydrogen-bond acceptors (Lipinski definition) is 5. The molecule has 9 heteroatoms. The zero-order valence-corrected chi connectivity index (χ0v) is 11.6. The molecule has 1 aromatic rings. The van der Waals surface area contributed by atoms with Gasteiger partial charge >= 0.3 is 0 Å². The molecule has 0 bridgehead atoms. The Kier molecular flexibility index (Phi) is 5.04. The highest BCUT2D eigenvalue weighted by molar-refractivity contribution is 7.89. The van der Waals surface area contributed by atoms with Crippen LogP contribution in [-0.4, -0.2) is 41.6 Å². The first-order chi connectivity index (χ1) is 8.77. The first kappa shape index (κ1) is 15.6. The number of imidazole rings is 1. The number of nitrogens with zero attached hydrogens (tertiary/aromatic N) is 2. The minimum atomic E-state index is -3.86. The number of aryl methyl sites for hydroxylation is 2. The Morgan fingerprint density at radius 1 is 1.63 bits per heavy atom. The smallest absolute Gasteiger partial charge is 0.259 e. The van der Waals surface area contributed by atoms with Crippen LogP contribution < -0.4 is 10.5 Å². The van der Waals surface area contributed by atoms with Gasteiger partial charge in [-0.3, -0.25) is 4.79 Å². The third-order valence-corrected chi connectivity index (χ3v) is 3.78. The summed E-state index contributed by atoms with van der Waals surface area (Å²) in [6.45, 7) is 3.86. The van der Waals surface area contributed by atoms with Gasteiger partial charge in [-0.25, -0.2) is 18.1 Å². The second-order valence-corrected chi connectivity index (χ2v) is 5.80. The summed E-state index contributed by atoms with van der Waals surface area (Å²) in [7, 11) is -3.86. The summed E-state index contributed by atoms with van der Waals surface area (Å²) in [5, 5.41) is 9.01. The zero-order valence-electron chi connectivity index (χ0n) is 10.8. The van der Waals surface area contributed by atoms with Crippen LogP contribution in [0.3, 0.4) is 0 Å². The number of carbonyl (C=O) groups excluding carboxylic acids is 1. The molecular formula is C10H18N4O4S. The highest BCUT2D eigenvalue weighted by Gasteiger charge is 2.21. The van der Waals surface area contributed by atoms with Gasteiger partial charge in [0.2, 0.25) is 5.91 Å². The number of aliphatic hydroxyl groups is 1. The van der Waals surface area contributed by atoms with Crippen molar-refractivity contribution in [2.45, 2.75) is 37.9 Å². The fraction of sp³-hybridized carbons (Fsp3) is 0.600. The lowest BCUT2D eigenvalue weighted by atomic mass is 10.3. The van der Waals surface area contributed by atoms with E-state index in [1.165, 1.54) is 6.20 Å². The average Bonchev–Trinajstić information content (AvgIpc) is 2.69. The van der Waals surface area contributed by atoms with Crippen LogP contribution in [0.4, 0.5) is 0 Å². The second kappa shape index (κ2) is 6.13. The number of aromatic nitrogens is 2. The molecule has 8 nitrogen and oxygen atoms in total. The fourth-order valence-electron chi connectivity index (χ4n) is 1.44. The summed E-state index contributed by atoms with van der Waals surface area (Å²) in [6, 6.07) is 0. The highest BCUT2D eigenvalue weighted by Crippen LogP contribution is 2.09. The first-order valence-corrected chi connectivity index (χ1v) is 7.27. The second-order valence-electron chi connectivity index (χ2n) is 4.09. The largest absolute Gasteiger partial charge is 0.382 e. The van der Waals surface area contributed by atoms with Crippen molar-refractivity contribution in [3.05, 3.63) is 12.0 Å². The standard InChI is InChI=1S/C10H18N4O4S/c1-3-4-14-6-9(13-7(14)2)19(17,18)12-5-8(15)10(11)16/h6,8,12,15H,3-5H2,1-2H3,(H2,11,16). The van der Waals surface area contributed by atoms with E-state index in [1.807, 2.05) is 6.92 Å². The van der Waals surface area contributed by atoms with Crippen LogP contribution in [-0.2, 0) is 21.4 Å². The van der Waals surface area contributed by atoms with Gasteiger partial charge in [0.1, 0.15) is 11.9 Å². The van der Waals surface area contributed by atoms with E-state index in [2.05, 4.69) is 9.71 Å². The third kappa shape index (κ3) is 4.01. The number of nitrogens with two attached hydrogens (primary N) is 1. The molecule has 0 fully saturated rings. The SMILES string of the molecule is CCCn1cc(S(=O)(=O)NCC(O)C(N)=O)nc1C. The van der Waals surface area contributed by atoms with Crippen molar-refractivity contribution in [2.75, 3.05) is 6.54 Å². The molecule has 0 aliphatic carbocycles. The zero-order chi connectivity index (χ0) is 14.6. The summed E-state index contributed by atoms with van der Waals surface area (Å²) in [6.07, 6.45) is 0.705. The van der Waals surface area contributed by atoms with Gasteiger partial charge in [0.05, 0.1) is 0 Å². The van der Waals surface area contributed by atoms with Gasteiger partial charge in [0.15, 0.2) is 5.03 Å². The molecule has 1 heterocycles. The summed E-state index contributed by atoms with van der Waals surface area (Å²) >= 11 is 0. The fourth-order valence-corrected chi connectivity index (χ4v) is 2.48. The molecular weight excluding hydrogens is 272 g/mol. The summed E-state index contributed by atoms with van der Waals surface area (Å²) in [4.78, 5) is 14.6. The summed E-state index contributed by atoms with van der Waals surface area (Å²) < 4.78 is 27.6. The number of carbonyl (C=O) groups is 1. The van der Waals surface area contributed by atoms with E-state index in [-0.39, 0.29) is 5.03 Å². The Morgan fingerprint density at radius 3 is 2.79 bits per heavy atom. The number of primary amides is 1. The number of aliphatic hydroxyl groups excluding tert-OH is 1. The molecule has 1 aromatic heterocycles. The normalized spacial score (nSPS) is 13.4. The predicted molar refractivity (Wildman–Crippen MR) is 67.6 cm³/mol. The Hall–Kier alpha value is -1.45. The minimum Gasteiger partial charge on any atom is -0.382 e. The van der Waals surface area contributed by atoms with Gasteiger partial charge in [-0.1, -0.05) is 6.92 Å². The maximum absolute atomic E-state index is 11.9. The monoisotopic (exact) mass is 290 g/mol. The molecule has 1 atom stereocenters.